The van der Waals surface area contributed by atoms with Crippen LogP contribution in [0.1, 0.15) is 22.3 Å². The average molecular weight is 304 g/mol. The van der Waals surface area contributed by atoms with E-state index >= 15 is 0 Å². The molecule has 3 rings (SSSR count). The number of rotatable bonds is 3. The van der Waals surface area contributed by atoms with E-state index in [4.69, 9.17) is 0 Å². The van der Waals surface area contributed by atoms with Crippen LogP contribution in [0.25, 0.3) is 0 Å². The first-order valence-electron chi connectivity index (χ1n) is 7.12. The van der Waals surface area contributed by atoms with E-state index in [0.717, 1.165) is 11.8 Å². The Morgan fingerprint density at radius 1 is 1.50 bits per heavy atom. The number of hydrogen-bond donors (Lipinski definition) is 1. The van der Waals surface area contributed by atoms with E-state index in [1.807, 2.05) is 13.2 Å². The van der Waals surface area contributed by atoms with Crippen LogP contribution >= 0.6 is 0 Å². The van der Waals surface area contributed by atoms with E-state index in [9.17, 15) is 14.3 Å². The Labute approximate surface area is 127 Å². The van der Waals surface area contributed by atoms with Crippen LogP contribution in [0, 0.1) is 5.82 Å². The number of carbonyl (C=O) groups excluding carboxylic acids is 1. The third-order valence-electron chi connectivity index (χ3n) is 3.98. The van der Waals surface area contributed by atoms with Crippen molar-refractivity contribution >= 4 is 5.91 Å². The molecule has 2 atom stereocenters. The first-order chi connectivity index (χ1) is 10.6. The second-order valence-electron chi connectivity index (χ2n) is 5.50. The van der Waals surface area contributed by atoms with Gasteiger partial charge in [-0.25, -0.2) is 4.39 Å². The molecule has 1 saturated heterocycles. The summed E-state index contributed by atoms with van der Waals surface area (Å²) in [6.07, 6.45) is 6.33. The van der Waals surface area contributed by atoms with Crippen molar-refractivity contribution in [1.82, 2.24) is 19.7 Å². The molecule has 1 amide bonds. The third-order valence-corrected chi connectivity index (χ3v) is 3.98. The molecule has 3 heterocycles. The molecule has 0 bridgehead atoms. The molecule has 22 heavy (non-hydrogen) atoms. The largest absolute Gasteiger partial charge is 0.391 e. The predicted molar refractivity (Wildman–Crippen MR) is 76.6 cm³/mol. The lowest BCUT2D eigenvalue weighted by molar-refractivity contribution is 0.0635. The van der Waals surface area contributed by atoms with Gasteiger partial charge in [-0.1, -0.05) is 0 Å². The Morgan fingerprint density at radius 3 is 3.00 bits per heavy atom. The van der Waals surface area contributed by atoms with Crippen molar-refractivity contribution < 1.29 is 14.3 Å². The number of hydrogen-bond acceptors (Lipinski definition) is 4. The highest BCUT2D eigenvalue weighted by Gasteiger charge is 2.37. The Balaban J connectivity index is 1.82. The first kappa shape index (κ1) is 14.6. The maximum Gasteiger partial charge on any atom is 0.257 e. The molecule has 1 aliphatic rings. The second kappa shape index (κ2) is 5.84. The van der Waals surface area contributed by atoms with Crippen LogP contribution in [0.15, 0.2) is 30.9 Å². The van der Waals surface area contributed by atoms with Crippen LogP contribution in [-0.4, -0.2) is 49.4 Å². The lowest BCUT2D eigenvalue weighted by Gasteiger charge is -2.26. The molecule has 1 aliphatic heterocycles. The molecule has 0 aromatic carbocycles. The lowest BCUT2D eigenvalue weighted by Crippen LogP contribution is -2.41. The molecular weight excluding hydrogens is 287 g/mol. The number of aryl methyl sites for hydroxylation is 1. The van der Waals surface area contributed by atoms with Crippen LogP contribution in [0.4, 0.5) is 4.39 Å². The first-order valence-corrected chi connectivity index (χ1v) is 7.12. The Bertz CT molecular complexity index is 688. The molecule has 6 nitrogen and oxygen atoms in total. The number of pyridine rings is 1. The summed E-state index contributed by atoms with van der Waals surface area (Å²) in [6.45, 7) is 0.409. The van der Waals surface area contributed by atoms with E-state index in [-0.39, 0.29) is 11.6 Å². The number of aliphatic hydroxyl groups excluding tert-OH is 1. The molecule has 0 unspecified atom stereocenters. The molecule has 2 aromatic heterocycles. The van der Waals surface area contributed by atoms with Crippen LogP contribution in [-0.2, 0) is 13.5 Å². The zero-order valence-electron chi connectivity index (χ0n) is 12.2. The zero-order chi connectivity index (χ0) is 15.7. The van der Waals surface area contributed by atoms with Gasteiger partial charge in [0.2, 0.25) is 0 Å². The summed E-state index contributed by atoms with van der Waals surface area (Å²) in [5.41, 5.74) is 0.918. The van der Waals surface area contributed by atoms with Crippen LogP contribution in [0.2, 0.25) is 0 Å². The minimum Gasteiger partial charge on any atom is -0.391 e. The van der Waals surface area contributed by atoms with Crippen molar-refractivity contribution in [3.05, 3.63) is 47.8 Å². The predicted octanol–water partition coefficient (Wildman–Crippen LogP) is 0.772. The summed E-state index contributed by atoms with van der Waals surface area (Å²) >= 11 is 0. The summed E-state index contributed by atoms with van der Waals surface area (Å²) in [5, 5.41) is 14.3. The topological polar surface area (TPSA) is 71.2 Å². The van der Waals surface area contributed by atoms with E-state index < -0.39 is 17.8 Å². The second-order valence-corrected chi connectivity index (χ2v) is 5.50. The number of aromatic nitrogens is 3. The van der Waals surface area contributed by atoms with Gasteiger partial charge in [-0.05, 0) is 24.5 Å². The molecule has 0 aliphatic carbocycles. The van der Waals surface area contributed by atoms with Gasteiger partial charge in [0.25, 0.3) is 5.91 Å². The molecule has 1 N–H and O–H groups in total. The van der Waals surface area contributed by atoms with Crippen molar-refractivity contribution in [2.75, 3.05) is 6.54 Å². The third kappa shape index (κ3) is 2.71. The number of nitrogens with zero attached hydrogens (tertiary/aromatic N) is 4. The maximum absolute atomic E-state index is 13.8. The van der Waals surface area contributed by atoms with Crippen molar-refractivity contribution in [3.8, 4) is 0 Å². The molecule has 1 fully saturated rings. The Morgan fingerprint density at radius 2 is 2.32 bits per heavy atom. The molecule has 0 radical (unpaired) electrons. The van der Waals surface area contributed by atoms with Crippen LogP contribution < -0.4 is 0 Å². The Kier molecular flexibility index (Phi) is 3.89. The fourth-order valence-corrected chi connectivity index (χ4v) is 2.86. The quantitative estimate of drug-likeness (QED) is 0.909. The number of carbonyl (C=O) groups is 1. The average Bonchev–Trinajstić information content (AvgIpc) is 3.06. The van der Waals surface area contributed by atoms with E-state index in [1.165, 1.54) is 17.2 Å². The van der Waals surface area contributed by atoms with Gasteiger partial charge in [0.05, 0.1) is 30.1 Å². The molecular formula is C15H17FN4O2. The maximum atomic E-state index is 13.8. The highest BCUT2D eigenvalue weighted by atomic mass is 19.1. The van der Waals surface area contributed by atoms with Crippen molar-refractivity contribution in [2.24, 2.45) is 7.05 Å². The number of amides is 1. The monoisotopic (exact) mass is 304 g/mol. The van der Waals surface area contributed by atoms with Crippen LogP contribution in [0.3, 0.4) is 0 Å². The molecule has 0 saturated carbocycles. The number of aliphatic hydroxyl groups is 1. The minimum atomic E-state index is -0.644. The summed E-state index contributed by atoms with van der Waals surface area (Å²) < 4.78 is 15.4. The van der Waals surface area contributed by atoms with Gasteiger partial charge in [-0.3, -0.25) is 14.5 Å². The summed E-state index contributed by atoms with van der Waals surface area (Å²) in [6, 6.07) is 0.994. The standard InChI is InChI=1S/C15H17FN4O2/c1-19-9-10(7-18-19)6-13-14(21)3-5-20(13)15(22)11-2-4-17-8-12(11)16/h2,4,7-9,13-14,21H,3,5-6H2,1H3/t13-,14-/m1/s1. The number of likely N-dealkylation sites (tertiary alicyclic amines) is 1. The smallest absolute Gasteiger partial charge is 0.257 e. The van der Waals surface area contributed by atoms with E-state index in [1.54, 1.807) is 10.9 Å². The molecule has 116 valence electrons. The summed E-state index contributed by atoms with van der Waals surface area (Å²) in [5.74, 6) is -1.06. The number of halogens is 1. The van der Waals surface area contributed by atoms with Gasteiger partial charge in [0.15, 0.2) is 5.82 Å². The van der Waals surface area contributed by atoms with Gasteiger partial charge in [-0.2, -0.15) is 5.10 Å². The van der Waals surface area contributed by atoms with E-state index in [0.29, 0.717) is 19.4 Å². The normalized spacial score (nSPS) is 21.3. The fraction of sp³-hybridized carbons (Fsp3) is 0.400. The van der Waals surface area contributed by atoms with Crippen molar-refractivity contribution in [2.45, 2.75) is 25.0 Å². The van der Waals surface area contributed by atoms with E-state index in [2.05, 4.69) is 10.1 Å². The molecule has 2 aromatic rings. The summed E-state index contributed by atoms with van der Waals surface area (Å²) in [4.78, 5) is 17.7. The van der Waals surface area contributed by atoms with Gasteiger partial charge < -0.3 is 10.0 Å². The van der Waals surface area contributed by atoms with Gasteiger partial charge in [0.1, 0.15) is 0 Å². The van der Waals surface area contributed by atoms with Crippen LogP contribution in [0.5, 0.6) is 0 Å². The SMILES string of the molecule is Cn1cc(C[C@@H]2[C@H](O)CCN2C(=O)c2ccncc2F)cn1. The van der Waals surface area contributed by atoms with Crippen molar-refractivity contribution in [3.63, 3.8) is 0 Å². The highest BCUT2D eigenvalue weighted by Crippen LogP contribution is 2.24. The van der Waals surface area contributed by atoms with Gasteiger partial charge in [-0.15, -0.1) is 0 Å². The summed E-state index contributed by atoms with van der Waals surface area (Å²) in [7, 11) is 1.81. The molecule has 7 heteroatoms. The van der Waals surface area contributed by atoms with Crippen molar-refractivity contribution in [1.29, 1.82) is 0 Å². The van der Waals surface area contributed by atoms with Gasteiger partial charge >= 0.3 is 0 Å². The Hall–Kier alpha value is -2.28. The zero-order valence-corrected chi connectivity index (χ0v) is 12.2. The lowest BCUT2D eigenvalue weighted by atomic mass is 10.0. The molecule has 0 spiro atoms. The van der Waals surface area contributed by atoms with Gasteiger partial charge in [0, 0.05) is 26.0 Å². The minimum absolute atomic E-state index is 0.0136. The fourth-order valence-electron chi connectivity index (χ4n) is 2.86. The highest BCUT2D eigenvalue weighted by molar-refractivity contribution is 5.94.